The van der Waals surface area contributed by atoms with Gasteiger partial charge in [0.25, 0.3) is 5.91 Å². The van der Waals surface area contributed by atoms with Crippen molar-refractivity contribution >= 4 is 17.7 Å². The Hall–Kier alpha value is -0.300. The second-order valence-electron chi connectivity index (χ2n) is 4.84. The van der Waals surface area contributed by atoms with Gasteiger partial charge in [0.2, 0.25) is 0 Å². The van der Waals surface area contributed by atoms with Crippen molar-refractivity contribution in [3.63, 3.8) is 0 Å². The van der Waals surface area contributed by atoms with E-state index in [1.807, 2.05) is 13.8 Å². The molecule has 0 aromatic rings. The topological polar surface area (TPSA) is 90.4 Å². The second-order valence-corrected chi connectivity index (χ2v) is 5.87. The lowest BCUT2D eigenvalue weighted by atomic mass is 10.1. The van der Waals surface area contributed by atoms with E-state index in [-0.39, 0.29) is 23.7 Å². The standard InChI is InChI=1S/C10H21N3O2S/c1-10(2,11)6-16-5-7-3-4-8(15-7)9(14)13-12/h7-8H,3-6,11-12H2,1-2H3,(H,13,14). The first-order chi connectivity index (χ1) is 7.42. The zero-order valence-electron chi connectivity index (χ0n) is 9.86. The van der Waals surface area contributed by atoms with Crippen molar-refractivity contribution in [1.29, 1.82) is 0 Å². The van der Waals surface area contributed by atoms with Crippen molar-refractivity contribution in [1.82, 2.24) is 5.43 Å². The summed E-state index contributed by atoms with van der Waals surface area (Å²) in [6, 6.07) is 0. The number of nitrogens with two attached hydrogens (primary N) is 2. The zero-order valence-corrected chi connectivity index (χ0v) is 10.7. The summed E-state index contributed by atoms with van der Waals surface area (Å²) in [5, 5.41) is 0. The van der Waals surface area contributed by atoms with E-state index < -0.39 is 0 Å². The van der Waals surface area contributed by atoms with E-state index in [2.05, 4.69) is 5.43 Å². The Morgan fingerprint density at radius 1 is 1.56 bits per heavy atom. The summed E-state index contributed by atoms with van der Waals surface area (Å²) in [6.07, 6.45) is 1.44. The summed E-state index contributed by atoms with van der Waals surface area (Å²) in [5.74, 6) is 6.60. The van der Waals surface area contributed by atoms with Gasteiger partial charge in [-0.3, -0.25) is 10.2 Å². The lowest BCUT2D eigenvalue weighted by Gasteiger charge is -2.19. The highest BCUT2D eigenvalue weighted by atomic mass is 32.2. The van der Waals surface area contributed by atoms with Gasteiger partial charge in [0, 0.05) is 17.0 Å². The van der Waals surface area contributed by atoms with Crippen LogP contribution < -0.4 is 17.0 Å². The van der Waals surface area contributed by atoms with Crippen LogP contribution in [0.3, 0.4) is 0 Å². The number of hydrogen-bond acceptors (Lipinski definition) is 5. The van der Waals surface area contributed by atoms with E-state index in [9.17, 15) is 4.79 Å². The van der Waals surface area contributed by atoms with Crippen LogP contribution >= 0.6 is 11.8 Å². The number of carbonyl (C=O) groups excluding carboxylic acids is 1. The second kappa shape index (κ2) is 5.86. The monoisotopic (exact) mass is 247 g/mol. The highest BCUT2D eigenvalue weighted by molar-refractivity contribution is 7.99. The predicted molar refractivity (Wildman–Crippen MR) is 65.8 cm³/mol. The largest absolute Gasteiger partial charge is 0.364 e. The van der Waals surface area contributed by atoms with Crippen LogP contribution in [0.2, 0.25) is 0 Å². The van der Waals surface area contributed by atoms with Crippen LogP contribution in [-0.2, 0) is 9.53 Å². The van der Waals surface area contributed by atoms with Gasteiger partial charge in [0.05, 0.1) is 6.10 Å². The van der Waals surface area contributed by atoms with Crippen molar-refractivity contribution in [2.45, 2.75) is 44.4 Å². The maximum atomic E-state index is 11.2. The number of rotatable bonds is 5. The van der Waals surface area contributed by atoms with Crippen molar-refractivity contribution < 1.29 is 9.53 Å². The molecule has 0 saturated carbocycles. The molecule has 6 heteroatoms. The maximum Gasteiger partial charge on any atom is 0.263 e. The molecule has 0 radical (unpaired) electrons. The number of amides is 1. The number of thioether (sulfide) groups is 1. The van der Waals surface area contributed by atoms with E-state index in [0.717, 1.165) is 24.3 Å². The van der Waals surface area contributed by atoms with E-state index >= 15 is 0 Å². The van der Waals surface area contributed by atoms with E-state index in [0.29, 0.717) is 0 Å². The molecule has 5 nitrogen and oxygen atoms in total. The first-order valence-electron chi connectivity index (χ1n) is 5.45. The maximum absolute atomic E-state index is 11.2. The van der Waals surface area contributed by atoms with E-state index in [1.54, 1.807) is 11.8 Å². The Balaban J connectivity index is 2.19. The van der Waals surface area contributed by atoms with E-state index in [4.69, 9.17) is 16.3 Å². The van der Waals surface area contributed by atoms with E-state index in [1.165, 1.54) is 0 Å². The molecule has 2 unspecified atom stereocenters. The molecule has 1 fully saturated rings. The molecule has 1 rings (SSSR count). The third kappa shape index (κ3) is 4.69. The molecule has 0 spiro atoms. The fraction of sp³-hybridized carbons (Fsp3) is 0.900. The summed E-state index contributed by atoms with van der Waals surface area (Å²) in [4.78, 5) is 11.2. The molecule has 1 heterocycles. The lowest BCUT2D eigenvalue weighted by Crippen LogP contribution is -2.39. The Morgan fingerprint density at radius 3 is 2.81 bits per heavy atom. The molecule has 1 aliphatic rings. The molecule has 94 valence electrons. The summed E-state index contributed by atoms with van der Waals surface area (Å²) in [7, 11) is 0. The Kier molecular flexibility index (Phi) is 5.04. The van der Waals surface area contributed by atoms with Gasteiger partial charge < -0.3 is 10.5 Å². The normalized spacial score (nSPS) is 25.8. The van der Waals surface area contributed by atoms with Gasteiger partial charge in [-0.2, -0.15) is 11.8 Å². The molecular formula is C10H21N3O2S. The highest BCUT2D eigenvalue weighted by Gasteiger charge is 2.30. The van der Waals surface area contributed by atoms with Gasteiger partial charge in [-0.25, -0.2) is 5.84 Å². The molecule has 1 saturated heterocycles. The van der Waals surface area contributed by atoms with Crippen LogP contribution in [-0.4, -0.2) is 35.2 Å². The predicted octanol–water partition coefficient (Wildman–Crippen LogP) is -0.00560. The van der Waals surface area contributed by atoms with Crippen LogP contribution in [0.1, 0.15) is 26.7 Å². The number of nitrogens with one attached hydrogen (secondary N) is 1. The molecule has 1 aliphatic heterocycles. The van der Waals surface area contributed by atoms with Crippen LogP contribution in [0.4, 0.5) is 0 Å². The molecule has 1 amide bonds. The molecule has 0 aliphatic carbocycles. The summed E-state index contributed by atoms with van der Waals surface area (Å²) in [6.45, 7) is 4.00. The molecule has 16 heavy (non-hydrogen) atoms. The third-order valence-electron chi connectivity index (χ3n) is 2.32. The zero-order chi connectivity index (χ0) is 12.2. The Bertz CT molecular complexity index is 243. The molecular weight excluding hydrogens is 226 g/mol. The molecule has 0 bridgehead atoms. The highest BCUT2D eigenvalue weighted by Crippen LogP contribution is 2.23. The van der Waals surface area contributed by atoms with Gasteiger partial charge in [0.15, 0.2) is 0 Å². The van der Waals surface area contributed by atoms with Crippen molar-refractivity contribution in [2.75, 3.05) is 11.5 Å². The first-order valence-corrected chi connectivity index (χ1v) is 6.60. The minimum absolute atomic E-state index is 0.148. The summed E-state index contributed by atoms with van der Waals surface area (Å²) in [5.41, 5.74) is 7.84. The SMILES string of the molecule is CC(C)(N)CSCC1CCC(C(=O)NN)O1. The molecule has 0 aromatic heterocycles. The number of hydrazine groups is 1. The Morgan fingerprint density at radius 2 is 2.25 bits per heavy atom. The van der Waals surface area contributed by atoms with Gasteiger partial charge in [-0.05, 0) is 26.7 Å². The number of hydrogen-bond donors (Lipinski definition) is 3. The van der Waals surface area contributed by atoms with Gasteiger partial charge >= 0.3 is 0 Å². The molecule has 5 N–H and O–H groups in total. The van der Waals surface area contributed by atoms with Gasteiger partial charge in [0.1, 0.15) is 6.10 Å². The number of ether oxygens (including phenoxy) is 1. The number of carbonyl (C=O) groups is 1. The lowest BCUT2D eigenvalue weighted by molar-refractivity contribution is -0.131. The van der Waals surface area contributed by atoms with Crippen LogP contribution in [0.25, 0.3) is 0 Å². The average molecular weight is 247 g/mol. The van der Waals surface area contributed by atoms with Crippen molar-refractivity contribution in [2.24, 2.45) is 11.6 Å². The Labute approximate surface area is 101 Å². The smallest absolute Gasteiger partial charge is 0.263 e. The first kappa shape index (κ1) is 13.8. The van der Waals surface area contributed by atoms with Crippen molar-refractivity contribution in [3.05, 3.63) is 0 Å². The quantitative estimate of drug-likeness (QED) is 0.361. The van der Waals surface area contributed by atoms with Gasteiger partial charge in [-0.15, -0.1) is 0 Å². The summed E-state index contributed by atoms with van der Waals surface area (Å²) >= 11 is 1.77. The fourth-order valence-corrected chi connectivity index (χ4v) is 2.72. The van der Waals surface area contributed by atoms with Crippen LogP contribution in [0.15, 0.2) is 0 Å². The summed E-state index contributed by atoms with van der Waals surface area (Å²) < 4.78 is 5.58. The van der Waals surface area contributed by atoms with Crippen LogP contribution in [0.5, 0.6) is 0 Å². The van der Waals surface area contributed by atoms with Crippen molar-refractivity contribution in [3.8, 4) is 0 Å². The molecule has 2 atom stereocenters. The third-order valence-corrected chi connectivity index (χ3v) is 3.88. The average Bonchev–Trinajstić information content (AvgIpc) is 2.63. The minimum atomic E-state index is -0.374. The fourth-order valence-electron chi connectivity index (χ4n) is 1.57. The van der Waals surface area contributed by atoms with Gasteiger partial charge in [-0.1, -0.05) is 0 Å². The van der Waals surface area contributed by atoms with Crippen LogP contribution in [0, 0.1) is 0 Å². The molecule has 0 aromatic carbocycles. The minimum Gasteiger partial charge on any atom is -0.364 e.